The first-order chi connectivity index (χ1) is 11.6. The molecule has 0 atom stereocenters. The number of carbonyl (C=O) groups excluding carboxylic acids is 2. The van der Waals surface area contributed by atoms with E-state index in [1.54, 1.807) is 17.9 Å². The van der Waals surface area contributed by atoms with E-state index in [1.807, 2.05) is 20.8 Å². The fraction of sp³-hybridized carbons (Fsp3) is 0.579. The van der Waals surface area contributed by atoms with Crippen LogP contribution in [0.25, 0.3) is 0 Å². The molecule has 1 N–H and O–H groups in total. The summed E-state index contributed by atoms with van der Waals surface area (Å²) in [6.45, 7) is 8.50. The van der Waals surface area contributed by atoms with Crippen molar-refractivity contribution in [2.45, 2.75) is 52.6 Å². The molecular weight excluding hydrogens is 323 g/mol. The summed E-state index contributed by atoms with van der Waals surface area (Å²) in [4.78, 5) is 26.0. The van der Waals surface area contributed by atoms with Gasteiger partial charge in [0, 0.05) is 25.2 Å². The monoisotopic (exact) mass is 350 g/mol. The molecule has 1 aromatic carbocycles. The van der Waals surface area contributed by atoms with E-state index in [-0.39, 0.29) is 23.7 Å². The molecular formula is C19H27FN2O3. The Balaban J connectivity index is 1.79. The molecule has 138 valence electrons. The number of aryl methyl sites for hydroxylation is 1. The summed E-state index contributed by atoms with van der Waals surface area (Å²) in [5, 5.41) is 2.84. The third-order valence-corrected chi connectivity index (χ3v) is 4.20. The Bertz CT molecular complexity index is 632. The average Bonchev–Trinajstić information content (AvgIpc) is 2.49. The van der Waals surface area contributed by atoms with Crippen molar-refractivity contribution < 1.29 is 18.7 Å². The van der Waals surface area contributed by atoms with Gasteiger partial charge in [-0.15, -0.1) is 0 Å². The van der Waals surface area contributed by atoms with E-state index in [9.17, 15) is 14.0 Å². The molecule has 1 heterocycles. The second-order valence-corrected chi connectivity index (χ2v) is 7.62. The second kappa shape index (κ2) is 7.85. The Kier molecular flexibility index (Phi) is 6.03. The maximum Gasteiger partial charge on any atom is 0.410 e. The fourth-order valence-electron chi connectivity index (χ4n) is 2.88. The summed E-state index contributed by atoms with van der Waals surface area (Å²) in [5.41, 5.74) is 0.839. The van der Waals surface area contributed by atoms with Gasteiger partial charge in [-0.05, 0) is 70.2 Å². The predicted octanol–water partition coefficient (Wildman–Crippen LogP) is 4.11. The Labute approximate surface area is 148 Å². The third-order valence-electron chi connectivity index (χ3n) is 4.20. The highest BCUT2D eigenvalue weighted by molar-refractivity contribution is 5.91. The molecule has 6 heteroatoms. The van der Waals surface area contributed by atoms with Crippen LogP contribution in [0, 0.1) is 18.7 Å². The van der Waals surface area contributed by atoms with Gasteiger partial charge in [0.1, 0.15) is 11.4 Å². The number of benzene rings is 1. The number of halogens is 1. The van der Waals surface area contributed by atoms with Gasteiger partial charge in [0.05, 0.1) is 0 Å². The van der Waals surface area contributed by atoms with Gasteiger partial charge in [0.2, 0.25) is 5.91 Å². The number of hydrogen-bond acceptors (Lipinski definition) is 3. The van der Waals surface area contributed by atoms with Crippen molar-refractivity contribution >= 4 is 17.7 Å². The van der Waals surface area contributed by atoms with Crippen molar-refractivity contribution in [2.75, 3.05) is 18.4 Å². The zero-order valence-corrected chi connectivity index (χ0v) is 15.4. The van der Waals surface area contributed by atoms with Crippen LogP contribution in [-0.4, -0.2) is 35.6 Å². The third kappa shape index (κ3) is 6.03. The van der Waals surface area contributed by atoms with E-state index in [0.29, 0.717) is 30.8 Å². The molecule has 1 aromatic rings. The van der Waals surface area contributed by atoms with Crippen molar-refractivity contribution in [3.05, 3.63) is 29.6 Å². The van der Waals surface area contributed by atoms with Crippen LogP contribution >= 0.6 is 0 Å². The smallest absolute Gasteiger partial charge is 0.410 e. The number of likely N-dealkylation sites (tertiary alicyclic amines) is 1. The molecule has 1 aliphatic heterocycles. The standard InChI is InChI=1S/C19H27FN2O3/c1-13-11-15(20)5-6-16(13)21-17(23)12-14-7-9-22(10-8-14)18(24)25-19(2,3)4/h5-6,11,14H,7-10,12H2,1-4H3,(H,21,23). The minimum absolute atomic E-state index is 0.0783. The largest absolute Gasteiger partial charge is 0.444 e. The molecule has 0 radical (unpaired) electrons. The first-order valence-corrected chi connectivity index (χ1v) is 8.68. The number of nitrogens with zero attached hydrogens (tertiary/aromatic N) is 1. The number of nitrogens with one attached hydrogen (secondary N) is 1. The Morgan fingerprint density at radius 1 is 1.28 bits per heavy atom. The van der Waals surface area contributed by atoms with Gasteiger partial charge in [0.15, 0.2) is 0 Å². The van der Waals surface area contributed by atoms with Crippen molar-refractivity contribution in [2.24, 2.45) is 5.92 Å². The Morgan fingerprint density at radius 3 is 2.48 bits per heavy atom. The zero-order valence-electron chi connectivity index (χ0n) is 15.4. The molecule has 1 aliphatic rings. The van der Waals surface area contributed by atoms with Crippen LogP contribution in [0.5, 0.6) is 0 Å². The highest BCUT2D eigenvalue weighted by Gasteiger charge is 2.27. The highest BCUT2D eigenvalue weighted by Crippen LogP contribution is 2.23. The Morgan fingerprint density at radius 2 is 1.92 bits per heavy atom. The molecule has 1 saturated heterocycles. The molecule has 0 aromatic heterocycles. The minimum Gasteiger partial charge on any atom is -0.444 e. The normalized spacial score (nSPS) is 15.8. The topological polar surface area (TPSA) is 58.6 Å². The number of piperidine rings is 1. The van der Waals surface area contributed by atoms with Crippen molar-refractivity contribution in [3.63, 3.8) is 0 Å². The Hall–Kier alpha value is -2.11. The lowest BCUT2D eigenvalue weighted by atomic mass is 9.93. The van der Waals surface area contributed by atoms with Gasteiger partial charge < -0.3 is 15.0 Å². The van der Waals surface area contributed by atoms with Gasteiger partial charge in [-0.1, -0.05) is 0 Å². The fourth-order valence-corrected chi connectivity index (χ4v) is 2.88. The molecule has 0 unspecified atom stereocenters. The van der Waals surface area contributed by atoms with Crippen LogP contribution in [-0.2, 0) is 9.53 Å². The molecule has 0 spiro atoms. The summed E-state index contributed by atoms with van der Waals surface area (Å²) in [5.74, 6) is -0.158. The van der Waals surface area contributed by atoms with Gasteiger partial charge in [0.25, 0.3) is 0 Å². The van der Waals surface area contributed by atoms with E-state index in [4.69, 9.17) is 4.74 Å². The van der Waals surface area contributed by atoms with Gasteiger partial charge in [-0.3, -0.25) is 4.79 Å². The van der Waals surface area contributed by atoms with Crippen LogP contribution in [0.4, 0.5) is 14.9 Å². The maximum absolute atomic E-state index is 13.1. The zero-order chi connectivity index (χ0) is 18.6. The second-order valence-electron chi connectivity index (χ2n) is 7.62. The number of anilines is 1. The molecule has 2 amide bonds. The first kappa shape index (κ1) is 19.2. The summed E-state index contributed by atoms with van der Waals surface area (Å²) in [6.07, 6.45) is 1.65. The van der Waals surface area contributed by atoms with E-state index in [1.165, 1.54) is 12.1 Å². The summed E-state index contributed by atoms with van der Waals surface area (Å²) >= 11 is 0. The lowest BCUT2D eigenvalue weighted by molar-refractivity contribution is -0.117. The summed E-state index contributed by atoms with van der Waals surface area (Å²) in [7, 11) is 0. The number of carbonyl (C=O) groups is 2. The van der Waals surface area contributed by atoms with Crippen LogP contribution in [0.2, 0.25) is 0 Å². The van der Waals surface area contributed by atoms with Crippen molar-refractivity contribution in [1.82, 2.24) is 4.90 Å². The van der Waals surface area contributed by atoms with Gasteiger partial charge >= 0.3 is 6.09 Å². The van der Waals surface area contributed by atoms with Crippen LogP contribution in [0.1, 0.15) is 45.6 Å². The summed E-state index contributed by atoms with van der Waals surface area (Å²) < 4.78 is 18.5. The quantitative estimate of drug-likeness (QED) is 0.892. The van der Waals surface area contributed by atoms with Gasteiger partial charge in [-0.2, -0.15) is 0 Å². The van der Waals surface area contributed by atoms with Gasteiger partial charge in [-0.25, -0.2) is 9.18 Å². The maximum atomic E-state index is 13.1. The number of ether oxygens (including phenoxy) is 1. The van der Waals surface area contributed by atoms with Crippen LogP contribution < -0.4 is 5.32 Å². The molecule has 0 aliphatic carbocycles. The van der Waals surface area contributed by atoms with E-state index in [2.05, 4.69) is 5.32 Å². The summed E-state index contributed by atoms with van der Waals surface area (Å²) in [6, 6.07) is 4.31. The van der Waals surface area contributed by atoms with Crippen molar-refractivity contribution in [3.8, 4) is 0 Å². The SMILES string of the molecule is Cc1cc(F)ccc1NC(=O)CC1CCN(C(=O)OC(C)(C)C)CC1. The average molecular weight is 350 g/mol. The lowest BCUT2D eigenvalue weighted by Gasteiger charge is -2.33. The van der Waals surface area contributed by atoms with Crippen LogP contribution in [0.3, 0.4) is 0 Å². The van der Waals surface area contributed by atoms with Crippen LogP contribution in [0.15, 0.2) is 18.2 Å². The van der Waals surface area contributed by atoms with E-state index in [0.717, 1.165) is 12.8 Å². The van der Waals surface area contributed by atoms with E-state index >= 15 is 0 Å². The first-order valence-electron chi connectivity index (χ1n) is 8.68. The predicted molar refractivity (Wildman–Crippen MR) is 94.9 cm³/mol. The minimum atomic E-state index is -0.499. The molecule has 0 saturated carbocycles. The van der Waals surface area contributed by atoms with Crippen molar-refractivity contribution in [1.29, 1.82) is 0 Å². The molecule has 5 nitrogen and oxygen atoms in total. The molecule has 25 heavy (non-hydrogen) atoms. The van der Waals surface area contributed by atoms with E-state index < -0.39 is 5.60 Å². The highest BCUT2D eigenvalue weighted by atomic mass is 19.1. The number of amides is 2. The molecule has 0 bridgehead atoms. The molecule has 2 rings (SSSR count). The lowest BCUT2D eigenvalue weighted by Crippen LogP contribution is -2.42. The number of hydrogen-bond donors (Lipinski definition) is 1. The number of rotatable bonds is 3. The molecule has 1 fully saturated rings.